The number of halogens is 1. The van der Waals surface area contributed by atoms with Crippen molar-refractivity contribution in [1.82, 2.24) is 15.5 Å². The van der Waals surface area contributed by atoms with Gasteiger partial charge in [0.25, 0.3) is 0 Å². The Morgan fingerprint density at radius 2 is 2.06 bits per heavy atom. The molecule has 0 aromatic carbocycles. The minimum Gasteiger partial charge on any atom is -0.383 e. The fourth-order valence-electron chi connectivity index (χ4n) is 1.51. The highest BCUT2D eigenvalue weighted by atomic mass is 127. The van der Waals surface area contributed by atoms with Gasteiger partial charge in [0.15, 0.2) is 5.96 Å². The Kier molecular flexibility index (Phi) is 10.8. The van der Waals surface area contributed by atoms with E-state index < -0.39 is 0 Å². The Bertz CT molecular complexity index is 234. The molecule has 0 amide bonds. The van der Waals surface area contributed by atoms with E-state index in [0.717, 1.165) is 44.7 Å². The first kappa shape index (κ1) is 17.9. The number of guanidine groups is 1. The second-order valence-corrected chi connectivity index (χ2v) is 4.62. The first-order chi connectivity index (χ1) is 8.26. The third kappa shape index (κ3) is 8.93. The van der Waals surface area contributed by atoms with Gasteiger partial charge in [-0.05, 0) is 25.8 Å². The summed E-state index contributed by atoms with van der Waals surface area (Å²) in [7, 11) is 5.65. The van der Waals surface area contributed by atoms with Gasteiger partial charge in [-0.2, -0.15) is 0 Å². The fourth-order valence-corrected chi connectivity index (χ4v) is 1.51. The zero-order valence-corrected chi connectivity index (χ0v) is 14.1. The first-order valence-electron chi connectivity index (χ1n) is 6.38. The van der Waals surface area contributed by atoms with Crippen LogP contribution in [0.5, 0.6) is 0 Å². The van der Waals surface area contributed by atoms with Gasteiger partial charge in [-0.25, -0.2) is 0 Å². The molecule has 0 bridgehead atoms. The van der Waals surface area contributed by atoms with Crippen LogP contribution in [0.4, 0.5) is 0 Å². The van der Waals surface area contributed by atoms with Crippen LogP contribution in [0.3, 0.4) is 0 Å². The monoisotopic (exact) mass is 370 g/mol. The van der Waals surface area contributed by atoms with Crippen LogP contribution in [0, 0.1) is 5.92 Å². The summed E-state index contributed by atoms with van der Waals surface area (Å²) >= 11 is 0. The lowest BCUT2D eigenvalue weighted by molar-refractivity contribution is 0.162. The molecular weight excluding hydrogens is 343 g/mol. The van der Waals surface area contributed by atoms with Gasteiger partial charge in [0.1, 0.15) is 0 Å². The van der Waals surface area contributed by atoms with E-state index in [-0.39, 0.29) is 24.0 Å². The van der Waals surface area contributed by atoms with Crippen molar-refractivity contribution in [2.45, 2.75) is 12.8 Å². The molecule has 108 valence electrons. The van der Waals surface area contributed by atoms with Crippen molar-refractivity contribution in [2.24, 2.45) is 10.9 Å². The first-order valence-corrected chi connectivity index (χ1v) is 6.38. The second kappa shape index (κ2) is 10.8. The number of nitrogens with zero attached hydrogens (tertiary/aromatic N) is 2. The van der Waals surface area contributed by atoms with Crippen LogP contribution >= 0.6 is 24.0 Å². The molecule has 1 saturated carbocycles. The lowest BCUT2D eigenvalue weighted by atomic mass is 10.4. The van der Waals surface area contributed by atoms with Crippen LogP contribution in [-0.4, -0.2) is 64.9 Å². The van der Waals surface area contributed by atoms with E-state index in [1.807, 2.05) is 7.05 Å². The van der Waals surface area contributed by atoms with E-state index in [1.165, 1.54) is 12.8 Å². The lowest BCUT2D eigenvalue weighted by Crippen LogP contribution is -2.42. The van der Waals surface area contributed by atoms with E-state index >= 15 is 0 Å². The molecule has 0 saturated heterocycles. The average molecular weight is 370 g/mol. The largest absolute Gasteiger partial charge is 0.383 e. The van der Waals surface area contributed by atoms with Crippen LogP contribution in [0.2, 0.25) is 0 Å². The highest BCUT2D eigenvalue weighted by Gasteiger charge is 2.20. The summed E-state index contributed by atoms with van der Waals surface area (Å²) in [6.45, 7) is 4.70. The molecule has 1 fully saturated rings. The van der Waals surface area contributed by atoms with Gasteiger partial charge in [0.2, 0.25) is 0 Å². The molecule has 6 heteroatoms. The van der Waals surface area contributed by atoms with Crippen molar-refractivity contribution < 1.29 is 4.74 Å². The maximum Gasteiger partial charge on any atom is 0.191 e. The highest BCUT2D eigenvalue weighted by Crippen LogP contribution is 2.27. The molecule has 1 rings (SSSR count). The summed E-state index contributed by atoms with van der Waals surface area (Å²) in [5, 5.41) is 6.66. The van der Waals surface area contributed by atoms with E-state index in [9.17, 15) is 0 Å². The minimum absolute atomic E-state index is 0. The molecule has 1 aliphatic rings. The molecule has 0 aromatic heterocycles. The predicted octanol–water partition coefficient (Wildman–Crippen LogP) is 0.758. The molecule has 5 nitrogen and oxygen atoms in total. The van der Waals surface area contributed by atoms with Gasteiger partial charge in [0.05, 0.1) is 6.61 Å². The topological polar surface area (TPSA) is 48.9 Å². The summed E-state index contributed by atoms with van der Waals surface area (Å²) in [6.07, 6.45) is 2.73. The van der Waals surface area contributed by atoms with E-state index in [4.69, 9.17) is 4.74 Å². The summed E-state index contributed by atoms with van der Waals surface area (Å²) in [6, 6.07) is 0. The maximum absolute atomic E-state index is 5.03. The molecule has 0 unspecified atom stereocenters. The molecule has 0 heterocycles. The summed E-state index contributed by atoms with van der Waals surface area (Å²) in [4.78, 5) is 6.44. The highest BCUT2D eigenvalue weighted by molar-refractivity contribution is 14.0. The van der Waals surface area contributed by atoms with Crippen LogP contribution < -0.4 is 10.6 Å². The zero-order chi connectivity index (χ0) is 12.5. The number of methoxy groups -OCH3 is 1. The number of rotatable bonds is 8. The predicted molar refractivity (Wildman–Crippen MR) is 86.9 cm³/mol. The van der Waals surface area contributed by atoms with E-state index in [0.29, 0.717) is 0 Å². The van der Waals surface area contributed by atoms with Crippen LogP contribution in [-0.2, 0) is 4.74 Å². The summed E-state index contributed by atoms with van der Waals surface area (Å²) in [5.74, 6) is 1.79. The molecule has 0 atom stereocenters. The minimum atomic E-state index is 0. The Labute approximate surface area is 128 Å². The Balaban J connectivity index is 0.00000289. The molecule has 0 radical (unpaired) electrons. The third-order valence-electron chi connectivity index (χ3n) is 2.94. The number of hydrogen-bond donors (Lipinski definition) is 2. The van der Waals surface area contributed by atoms with Crippen LogP contribution in [0.15, 0.2) is 4.99 Å². The van der Waals surface area contributed by atoms with Gasteiger partial charge in [-0.3, -0.25) is 4.99 Å². The molecule has 0 aromatic rings. The van der Waals surface area contributed by atoms with Gasteiger partial charge < -0.3 is 20.3 Å². The van der Waals surface area contributed by atoms with Crippen molar-refractivity contribution in [3.63, 3.8) is 0 Å². The average Bonchev–Trinajstić information content (AvgIpc) is 3.14. The van der Waals surface area contributed by atoms with Gasteiger partial charge >= 0.3 is 0 Å². The molecule has 0 spiro atoms. The lowest BCUT2D eigenvalue weighted by Gasteiger charge is -2.17. The third-order valence-corrected chi connectivity index (χ3v) is 2.94. The van der Waals surface area contributed by atoms with Gasteiger partial charge in [0, 0.05) is 40.3 Å². The molecule has 1 aliphatic carbocycles. The number of ether oxygens (including phenoxy) is 1. The summed E-state index contributed by atoms with van der Waals surface area (Å²) < 4.78 is 5.03. The smallest absolute Gasteiger partial charge is 0.191 e. The number of aliphatic imine (C=N–C) groups is 1. The Hall–Kier alpha value is -0.0800. The van der Waals surface area contributed by atoms with Crippen molar-refractivity contribution in [3.05, 3.63) is 0 Å². The van der Waals surface area contributed by atoms with Crippen molar-refractivity contribution in [2.75, 3.05) is 54.0 Å². The second-order valence-electron chi connectivity index (χ2n) is 4.62. The SMILES string of the molecule is CN=C(NCCN(C)CCOC)NCC1CC1.I. The normalized spacial score (nSPS) is 15.4. The Morgan fingerprint density at radius 1 is 1.33 bits per heavy atom. The van der Waals surface area contributed by atoms with Gasteiger partial charge in [-0.15, -0.1) is 24.0 Å². The van der Waals surface area contributed by atoms with Crippen molar-refractivity contribution >= 4 is 29.9 Å². The molecular formula is C12H27IN4O. The van der Waals surface area contributed by atoms with Crippen molar-refractivity contribution in [3.8, 4) is 0 Å². The zero-order valence-electron chi connectivity index (χ0n) is 11.7. The fraction of sp³-hybridized carbons (Fsp3) is 0.917. The molecule has 0 aliphatic heterocycles. The standard InChI is InChI=1S/C12H26N4O.HI/c1-13-12(15-10-11-4-5-11)14-6-7-16(2)8-9-17-3;/h11H,4-10H2,1-3H3,(H2,13,14,15);1H. The van der Waals surface area contributed by atoms with E-state index in [1.54, 1.807) is 7.11 Å². The van der Waals surface area contributed by atoms with E-state index in [2.05, 4.69) is 27.6 Å². The number of hydrogen-bond acceptors (Lipinski definition) is 3. The van der Waals surface area contributed by atoms with Crippen LogP contribution in [0.25, 0.3) is 0 Å². The Morgan fingerprint density at radius 3 is 2.61 bits per heavy atom. The summed E-state index contributed by atoms with van der Waals surface area (Å²) in [5.41, 5.74) is 0. The maximum atomic E-state index is 5.03. The molecule has 18 heavy (non-hydrogen) atoms. The number of nitrogens with one attached hydrogen (secondary N) is 2. The van der Waals surface area contributed by atoms with Crippen LogP contribution in [0.1, 0.15) is 12.8 Å². The molecule has 2 N–H and O–H groups in total. The van der Waals surface area contributed by atoms with Gasteiger partial charge in [-0.1, -0.05) is 0 Å². The van der Waals surface area contributed by atoms with Crippen molar-refractivity contribution in [1.29, 1.82) is 0 Å². The quantitative estimate of drug-likeness (QED) is 0.376. The number of likely N-dealkylation sites (N-methyl/N-ethyl adjacent to an activating group) is 1.